The number of thiocarbonyl (C=S) groups is 1. The monoisotopic (exact) mass is 308 g/mol. The molecule has 1 aliphatic rings. The smallest absolute Gasteiger partial charge is 0.313 e. The minimum absolute atomic E-state index is 0.205. The van der Waals surface area contributed by atoms with Gasteiger partial charge in [0.05, 0.1) is 6.61 Å². The van der Waals surface area contributed by atoms with E-state index >= 15 is 0 Å². The number of unbranched alkanes of at least 4 members (excludes halogenated alkanes) is 1. The molecule has 0 aromatic carbocycles. The van der Waals surface area contributed by atoms with Gasteiger partial charge >= 0.3 is 5.97 Å². The summed E-state index contributed by atoms with van der Waals surface area (Å²) >= 11 is 5.06. The van der Waals surface area contributed by atoms with Crippen molar-refractivity contribution in [2.75, 3.05) is 6.61 Å². The molecule has 4 heteroatoms. The van der Waals surface area contributed by atoms with E-state index in [0.29, 0.717) is 24.5 Å². The van der Waals surface area contributed by atoms with Gasteiger partial charge in [0.1, 0.15) is 6.42 Å². The first-order valence-electron chi connectivity index (χ1n) is 7.66. The van der Waals surface area contributed by atoms with Crippen LogP contribution in [0, 0.1) is 5.92 Å². The van der Waals surface area contributed by atoms with Crippen molar-refractivity contribution in [1.29, 1.82) is 0 Å². The van der Waals surface area contributed by atoms with E-state index in [4.69, 9.17) is 17.0 Å². The Morgan fingerprint density at radius 2 is 2.14 bits per heavy atom. The van der Waals surface area contributed by atoms with Gasteiger partial charge in [-0.05, 0) is 18.4 Å². The summed E-state index contributed by atoms with van der Waals surface area (Å²) in [5, 5.41) is 0. The minimum Gasteiger partial charge on any atom is -0.465 e. The van der Waals surface area contributed by atoms with E-state index in [1.807, 2.05) is 6.08 Å². The molecule has 0 N–H and O–H groups in total. The van der Waals surface area contributed by atoms with Gasteiger partial charge in [-0.1, -0.05) is 57.5 Å². The SMILES string of the molecule is CCCCC(CC)COC(=O)CC(=O)C1=CC(=S)CC=C1. The molecule has 0 heterocycles. The van der Waals surface area contributed by atoms with Gasteiger partial charge in [0.2, 0.25) is 0 Å². The van der Waals surface area contributed by atoms with E-state index in [1.54, 1.807) is 12.2 Å². The lowest BCUT2D eigenvalue weighted by Crippen LogP contribution is -2.18. The molecule has 21 heavy (non-hydrogen) atoms. The van der Waals surface area contributed by atoms with Crippen molar-refractivity contribution < 1.29 is 14.3 Å². The third-order valence-corrected chi connectivity index (χ3v) is 3.87. The first-order chi connectivity index (χ1) is 10.1. The average Bonchev–Trinajstić information content (AvgIpc) is 2.47. The highest BCUT2D eigenvalue weighted by Crippen LogP contribution is 2.14. The van der Waals surface area contributed by atoms with Crippen LogP contribution in [0.2, 0.25) is 0 Å². The number of hydrogen-bond donors (Lipinski definition) is 0. The van der Waals surface area contributed by atoms with Gasteiger partial charge in [-0.25, -0.2) is 0 Å². The number of allylic oxidation sites excluding steroid dienone is 4. The topological polar surface area (TPSA) is 43.4 Å². The molecule has 0 spiro atoms. The van der Waals surface area contributed by atoms with Crippen LogP contribution in [0.25, 0.3) is 0 Å². The van der Waals surface area contributed by atoms with Crippen LogP contribution in [-0.4, -0.2) is 23.2 Å². The second-order valence-corrected chi connectivity index (χ2v) is 5.90. The standard InChI is InChI=1S/C17H24O3S/c1-3-5-7-13(4-2)12-20-17(19)11-16(18)14-8-6-9-15(21)10-14/h6,8,10,13H,3-5,7,9,11-12H2,1-2H3. The van der Waals surface area contributed by atoms with E-state index < -0.39 is 5.97 Å². The van der Waals surface area contributed by atoms with Gasteiger partial charge in [-0.2, -0.15) is 0 Å². The van der Waals surface area contributed by atoms with E-state index in [0.717, 1.165) is 30.5 Å². The molecule has 0 aromatic rings. The van der Waals surface area contributed by atoms with Crippen molar-refractivity contribution in [3.05, 3.63) is 23.8 Å². The number of carbonyl (C=O) groups excluding carboxylic acids is 2. The number of ketones is 1. The fourth-order valence-electron chi connectivity index (χ4n) is 2.15. The zero-order valence-corrected chi connectivity index (χ0v) is 13.7. The molecule has 1 rings (SSSR count). The van der Waals surface area contributed by atoms with Crippen molar-refractivity contribution in [3.8, 4) is 0 Å². The fourth-order valence-corrected chi connectivity index (χ4v) is 2.37. The summed E-state index contributed by atoms with van der Waals surface area (Å²) in [4.78, 5) is 24.4. The highest BCUT2D eigenvalue weighted by atomic mass is 32.1. The maximum atomic E-state index is 12.0. The summed E-state index contributed by atoms with van der Waals surface area (Å²) in [5.41, 5.74) is 0.501. The zero-order valence-electron chi connectivity index (χ0n) is 12.9. The van der Waals surface area contributed by atoms with Crippen molar-refractivity contribution in [2.45, 2.75) is 52.4 Å². The molecule has 1 aliphatic carbocycles. The predicted molar refractivity (Wildman–Crippen MR) is 88.3 cm³/mol. The highest BCUT2D eigenvalue weighted by molar-refractivity contribution is 7.80. The predicted octanol–water partition coefficient (Wildman–Crippen LogP) is 3.96. The van der Waals surface area contributed by atoms with E-state index in [-0.39, 0.29) is 12.2 Å². The normalized spacial score (nSPS) is 15.5. The van der Waals surface area contributed by atoms with Gasteiger partial charge in [-0.3, -0.25) is 9.59 Å². The van der Waals surface area contributed by atoms with Crippen molar-refractivity contribution in [3.63, 3.8) is 0 Å². The van der Waals surface area contributed by atoms with Crippen molar-refractivity contribution in [2.24, 2.45) is 5.92 Å². The van der Waals surface area contributed by atoms with Crippen LogP contribution in [0.5, 0.6) is 0 Å². The van der Waals surface area contributed by atoms with Crippen molar-refractivity contribution in [1.82, 2.24) is 0 Å². The summed E-state index contributed by atoms with van der Waals surface area (Å²) in [6.45, 7) is 4.65. The molecule has 1 atom stereocenters. The Morgan fingerprint density at radius 3 is 2.76 bits per heavy atom. The number of esters is 1. The first kappa shape index (κ1) is 17.8. The average molecular weight is 308 g/mol. The Kier molecular flexibility index (Phi) is 8.13. The molecule has 0 radical (unpaired) electrons. The zero-order chi connectivity index (χ0) is 15.7. The Hall–Kier alpha value is -1.29. The molecule has 0 saturated carbocycles. The fraction of sp³-hybridized carbons (Fsp3) is 0.588. The van der Waals surface area contributed by atoms with Crippen molar-refractivity contribution >= 4 is 28.8 Å². The summed E-state index contributed by atoms with van der Waals surface area (Å²) in [7, 11) is 0. The lowest BCUT2D eigenvalue weighted by molar-refractivity contribution is -0.146. The molecular weight excluding hydrogens is 284 g/mol. The lowest BCUT2D eigenvalue weighted by atomic mass is 10.0. The van der Waals surface area contributed by atoms with Gasteiger partial charge in [0, 0.05) is 16.9 Å². The van der Waals surface area contributed by atoms with Crippen LogP contribution < -0.4 is 0 Å². The third-order valence-electron chi connectivity index (χ3n) is 3.58. The summed E-state index contributed by atoms with van der Waals surface area (Å²) in [6, 6.07) is 0. The first-order valence-corrected chi connectivity index (χ1v) is 8.07. The Balaban J connectivity index is 2.37. The Morgan fingerprint density at radius 1 is 1.38 bits per heavy atom. The molecule has 0 aliphatic heterocycles. The van der Waals surface area contributed by atoms with Gasteiger partial charge < -0.3 is 4.74 Å². The van der Waals surface area contributed by atoms with Gasteiger partial charge in [-0.15, -0.1) is 0 Å². The van der Waals surface area contributed by atoms with Crippen LogP contribution in [0.4, 0.5) is 0 Å². The molecule has 0 fully saturated rings. The molecule has 0 saturated heterocycles. The second kappa shape index (κ2) is 9.61. The molecular formula is C17H24O3S. The molecule has 1 unspecified atom stereocenters. The summed E-state index contributed by atoms with van der Waals surface area (Å²) < 4.78 is 5.24. The van der Waals surface area contributed by atoms with Crippen LogP contribution in [0.1, 0.15) is 52.4 Å². The van der Waals surface area contributed by atoms with E-state index in [2.05, 4.69) is 13.8 Å². The molecule has 0 bridgehead atoms. The maximum absolute atomic E-state index is 12.0. The highest BCUT2D eigenvalue weighted by Gasteiger charge is 2.17. The quantitative estimate of drug-likeness (QED) is 0.367. The summed E-state index contributed by atoms with van der Waals surface area (Å²) in [5.74, 6) is -0.272. The second-order valence-electron chi connectivity index (χ2n) is 5.37. The molecule has 0 aromatic heterocycles. The molecule has 0 amide bonds. The maximum Gasteiger partial charge on any atom is 0.313 e. The number of carbonyl (C=O) groups is 2. The lowest BCUT2D eigenvalue weighted by Gasteiger charge is -2.14. The van der Waals surface area contributed by atoms with E-state index in [9.17, 15) is 9.59 Å². The van der Waals surface area contributed by atoms with Gasteiger partial charge in [0.25, 0.3) is 0 Å². The van der Waals surface area contributed by atoms with E-state index in [1.165, 1.54) is 0 Å². The van der Waals surface area contributed by atoms with Crippen LogP contribution >= 0.6 is 12.2 Å². The third kappa shape index (κ3) is 6.80. The number of hydrogen-bond acceptors (Lipinski definition) is 4. The number of ether oxygens (including phenoxy) is 1. The van der Waals surface area contributed by atoms with Crippen LogP contribution in [0.3, 0.4) is 0 Å². The number of rotatable bonds is 9. The van der Waals surface area contributed by atoms with Crippen LogP contribution in [-0.2, 0) is 14.3 Å². The minimum atomic E-state index is -0.444. The Labute approximate surface area is 132 Å². The van der Waals surface area contributed by atoms with Gasteiger partial charge in [0.15, 0.2) is 5.78 Å². The Bertz CT molecular complexity index is 449. The molecule has 116 valence electrons. The largest absolute Gasteiger partial charge is 0.465 e. The molecule has 3 nitrogen and oxygen atoms in total. The van der Waals surface area contributed by atoms with Crippen LogP contribution in [0.15, 0.2) is 23.8 Å². The summed E-state index contributed by atoms with van der Waals surface area (Å²) in [6.07, 6.45) is 10.1. The number of Topliss-reactive ketones (excluding diaryl/α,β-unsaturated/α-hetero) is 1.